The molecule has 0 aliphatic rings. The first-order valence-electron chi connectivity index (χ1n) is 7.71. The van der Waals surface area contributed by atoms with Crippen LogP contribution < -0.4 is 5.56 Å². The van der Waals surface area contributed by atoms with Gasteiger partial charge in [0.2, 0.25) is 0 Å². The van der Waals surface area contributed by atoms with Crippen molar-refractivity contribution in [2.24, 2.45) is 7.05 Å². The van der Waals surface area contributed by atoms with Gasteiger partial charge in [-0.2, -0.15) is 0 Å². The standard InChI is InChI=1S/C17H15N5OS2/c1-10(25-17-21-18-9-22(17)2)14-19-15(23)13-12(8-24-16(13)20-14)11-6-4-3-5-7-11/h3-10H,1-2H3,(H,19,20,23). The summed E-state index contributed by atoms with van der Waals surface area (Å²) in [7, 11) is 1.89. The molecule has 1 unspecified atom stereocenters. The molecule has 4 rings (SSSR count). The van der Waals surface area contributed by atoms with E-state index >= 15 is 0 Å². The lowest BCUT2D eigenvalue weighted by Gasteiger charge is -2.09. The number of thiophene rings is 1. The zero-order chi connectivity index (χ0) is 17.4. The lowest BCUT2D eigenvalue weighted by molar-refractivity contribution is 0.781. The number of H-pyrrole nitrogens is 1. The van der Waals surface area contributed by atoms with Crippen molar-refractivity contribution in [2.75, 3.05) is 0 Å². The molecule has 4 aromatic rings. The average molecular weight is 369 g/mol. The van der Waals surface area contributed by atoms with E-state index in [2.05, 4.69) is 20.2 Å². The largest absolute Gasteiger partial charge is 0.312 e. The van der Waals surface area contributed by atoms with Crippen LogP contribution in [0.2, 0.25) is 0 Å². The summed E-state index contributed by atoms with van der Waals surface area (Å²) in [5.74, 6) is 0.645. The molecule has 3 aromatic heterocycles. The lowest BCUT2D eigenvalue weighted by atomic mass is 10.1. The Labute approximate surface area is 152 Å². The molecule has 1 aromatic carbocycles. The number of aryl methyl sites for hydroxylation is 1. The first kappa shape index (κ1) is 16.0. The summed E-state index contributed by atoms with van der Waals surface area (Å²) >= 11 is 3.00. The van der Waals surface area contributed by atoms with Crippen molar-refractivity contribution >= 4 is 33.3 Å². The van der Waals surface area contributed by atoms with E-state index in [4.69, 9.17) is 0 Å². The van der Waals surface area contributed by atoms with Crippen LogP contribution in [0, 0.1) is 0 Å². The molecule has 0 fully saturated rings. The quantitative estimate of drug-likeness (QED) is 0.556. The van der Waals surface area contributed by atoms with Gasteiger partial charge >= 0.3 is 0 Å². The number of hydrogen-bond acceptors (Lipinski definition) is 6. The minimum atomic E-state index is -0.106. The Hall–Kier alpha value is -2.45. The normalized spacial score (nSPS) is 12.6. The first-order chi connectivity index (χ1) is 12.1. The van der Waals surface area contributed by atoms with Crippen molar-refractivity contribution < 1.29 is 0 Å². The van der Waals surface area contributed by atoms with E-state index in [9.17, 15) is 4.79 Å². The predicted octanol–water partition coefficient (Wildman–Crippen LogP) is 3.63. The topological polar surface area (TPSA) is 76.5 Å². The van der Waals surface area contributed by atoms with Crippen LogP contribution in [0.25, 0.3) is 21.3 Å². The van der Waals surface area contributed by atoms with Crippen molar-refractivity contribution in [3.63, 3.8) is 0 Å². The minimum absolute atomic E-state index is 0.0396. The van der Waals surface area contributed by atoms with Crippen LogP contribution in [-0.4, -0.2) is 24.7 Å². The third kappa shape index (κ3) is 2.98. The number of nitrogens with zero attached hydrogens (tertiary/aromatic N) is 4. The van der Waals surface area contributed by atoms with E-state index in [1.807, 2.05) is 54.3 Å². The number of hydrogen-bond donors (Lipinski definition) is 1. The second kappa shape index (κ2) is 6.45. The van der Waals surface area contributed by atoms with Crippen LogP contribution in [0.4, 0.5) is 0 Å². The molecule has 1 atom stereocenters. The Morgan fingerprint density at radius 1 is 1.28 bits per heavy atom. The highest BCUT2D eigenvalue weighted by Crippen LogP contribution is 2.34. The van der Waals surface area contributed by atoms with E-state index in [0.717, 1.165) is 21.1 Å². The maximum Gasteiger partial charge on any atom is 0.260 e. The van der Waals surface area contributed by atoms with Gasteiger partial charge in [-0.3, -0.25) is 4.79 Å². The number of thioether (sulfide) groups is 1. The summed E-state index contributed by atoms with van der Waals surface area (Å²) in [4.78, 5) is 21.1. The molecule has 3 heterocycles. The molecule has 0 bridgehead atoms. The molecule has 0 spiro atoms. The van der Waals surface area contributed by atoms with Gasteiger partial charge in [-0.1, -0.05) is 42.1 Å². The predicted molar refractivity (Wildman–Crippen MR) is 101 cm³/mol. The van der Waals surface area contributed by atoms with Gasteiger partial charge in [0.1, 0.15) is 17.0 Å². The van der Waals surface area contributed by atoms with Crippen molar-refractivity contribution in [1.82, 2.24) is 24.7 Å². The number of fused-ring (bicyclic) bond motifs is 1. The van der Waals surface area contributed by atoms with Crippen molar-refractivity contribution in [3.05, 3.63) is 58.2 Å². The summed E-state index contributed by atoms with van der Waals surface area (Å²) in [6.07, 6.45) is 1.65. The maximum absolute atomic E-state index is 12.7. The number of benzene rings is 1. The zero-order valence-corrected chi connectivity index (χ0v) is 15.3. The average Bonchev–Trinajstić information content (AvgIpc) is 3.22. The number of aromatic amines is 1. The van der Waals surface area contributed by atoms with E-state index < -0.39 is 0 Å². The van der Waals surface area contributed by atoms with E-state index in [-0.39, 0.29) is 10.8 Å². The molecule has 0 amide bonds. The van der Waals surface area contributed by atoms with E-state index in [1.54, 1.807) is 6.33 Å². The second-order valence-electron chi connectivity index (χ2n) is 5.63. The minimum Gasteiger partial charge on any atom is -0.312 e. The number of nitrogens with one attached hydrogen (secondary N) is 1. The maximum atomic E-state index is 12.7. The monoisotopic (exact) mass is 369 g/mol. The molecular formula is C17H15N5OS2. The highest BCUT2D eigenvalue weighted by Gasteiger charge is 2.18. The molecule has 25 heavy (non-hydrogen) atoms. The van der Waals surface area contributed by atoms with Crippen LogP contribution in [0.15, 0.2) is 52.0 Å². The fourth-order valence-electron chi connectivity index (χ4n) is 2.58. The van der Waals surface area contributed by atoms with Gasteiger partial charge in [0.25, 0.3) is 5.56 Å². The third-order valence-corrected chi connectivity index (χ3v) is 5.91. The van der Waals surface area contributed by atoms with Gasteiger partial charge in [0, 0.05) is 18.0 Å². The molecule has 0 saturated heterocycles. The Morgan fingerprint density at radius 2 is 2.08 bits per heavy atom. The second-order valence-corrected chi connectivity index (χ2v) is 7.80. The first-order valence-corrected chi connectivity index (χ1v) is 9.47. The Bertz CT molecular complexity index is 1080. The van der Waals surface area contributed by atoms with E-state index in [0.29, 0.717) is 11.2 Å². The SMILES string of the molecule is CC(Sc1nncn1C)c1nc2scc(-c3ccccc3)c2c(=O)[nH]1. The Morgan fingerprint density at radius 3 is 2.80 bits per heavy atom. The number of aromatic nitrogens is 5. The molecule has 0 saturated carbocycles. The van der Waals surface area contributed by atoms with Gasteiger partial charge < -0.3 is 9.55 Å². The summed E-state index contributed by atoms with van der Waals surface area (Å²) in [6, 6.07) is 9.90. The summed E-state index contributed by atoms with van der Waals surface area (Å²) in [5, 5.41) is 11.3. The molecule has 126 valence electrons. The lowest BCUT2D eigenvalue weighted by Crippen LogP contribution is -2.12. The molecule has 8 heteroatoms. The van der Waals surface area contributed by atoms with Crippen molar-refractivity contribution in [2.45, 2.75) is 17.3 Å². The summed E-state index contributed by atoms with van der Waals surface area (Å²) in [5.41, 5.74) is 1.84. The highest BCUT2D eigenvalue weighted by molar-refractivity contribution is 7.99. The molecule has 6 nitrogen and oxygen atoms in total. The Balaban J connectivity index is 1.74. The molecular weight excluding hydrogens is 354 g/mol. The zero-order valence-electron chi connectivity index (χ0n) is 13.6. The number of rotatable bonds is 4. The molecule has 0 aliphatic heterocycles. The summed E-state index contributed by atoms with van der Waals surface area (Å²) < 4.78 is 1.84. The van der Waals surface area contributed by atoms with Gasteiger partial charge in [-0.05, 0) is 12.5 Å². The van der Waals surface area contributed by atoms with Crippen LogP contribution >= 0.6 is 23.1 Å². The van der Waals surface area contributed by atoms with E-state index in [1.165, 1.54) is 23.1 Å². The van der Waals surface area contributed by atoms with Gasteiger partial charge in [0.05, 0.1) is 10.6 Å². The Kier molecular flexibility index (Phi) is 4.14. The molecule has 0 aliphatic carbocycles. The smallest absolute Gasteiger partial charge is 0.260 e. The van der Waals surface area contributed by atoms with Gasteiger partial charge in [-0.15, -0.1) is 21.5 Å². The fraction of sp³-hybridized carbons (Fsp3) is 0.176. The fourth-order valence-corrected chi connectivity index (χ4v) is 4.38. The van der Waals surface area contributed by atoms with Crippen molar-refractivity contribution in [1.29, 1.82) is 0 Å². The molecule has 0 radical (unpaired) electrons. The third-order valence-electron chi connectivity index (χ3n) is 3.88. The van der Waals surface area contributed by atoms with Crippen molar-refractivity contribution in [3.8, 4) is 11.1 Å². The van der Waals surface area contributed by atoms with Crippen LogP contribution in [0.5, 0.6) is 0 Å². The van der Waals surface area contributed by atoms with Gasteiger partial charge in [0.15, 0.2) is 5.16 Å². The van der Waals surface area contributed by atoms with Crippen LogP contribution in [0.3, 0.4) is 0 Å². The summed E-state index contributed by atoms with van der Waals surface area (Å²) in [6.45, 7) is 2.00. The van der Waals surface area contributed by atoms with Gasteiger partial charge in [-0.25, -0.2) is 4.98 Å². The van der Waals surface area contributed by atoms with Crippen LogP contribution in [-0.2, 0) is 7.05 Å². The highest BCUT2D eigenvalue weighted by atomic mass is 32.2. The molecule has 1 N–H and O–H groups in total. The van der Waals surface area contributed by atoms with Crippen LogP contribution in [0.1, 0.15) is 18.0 Å².